The van der Waals surface area contributed by atoms with Gasteiger partial charge in [-0.15, -0.1) is 0 Å². The first-order valence-electron chi connectivity index (χ1n) is 15.7. The molecule has 4 N–H and O–H groups in total. The number of nitrogens with zero attached hydrogens (tertiary/aromatic N) is 2. The molecule has 18 nitrogen and oxygen atoms in total. The molecule has 5 rings (SSSR count). The minimum absolute atomic E-state index is 0. The minimum atomic E-state index is -4.53. The Bertz CT molecular complexity index is 2060. The average Bonchev–Trinajstić information content (AvgIpc) is 3.10. The van der Waals surface area contributed by atoms with Gasteiger partial charge in [0.15, 0.2) is 11.6 Å². The third-order valence-electron chi connectivity index (χ3n) is 7.64. The number of carbonyl (C=O) groups is 4. The molecule has 0 radical (unpaired) electrons. The van der Waals surface area contributed by atoms with E-state index in [4.69, 9.17) is 11.5 Å². The van der Waals surface area contributed by atoms with E-state index in [-0.39, 0.29) is 95.1 Å². The first-order valence-corrected chi connectivity index (χ1v) is 18.5. The normalized spacial score (nSPS) is 19.5. The maximum Gasteiger partial charge on any atom is 4.00 e. The van der Waals surface area contributed by atoms with Crippen molar-refractivity contribution < 1.29 is 106 Å². The summed E-state index contributed by atoms with van der Waals surface area (Å²) in [6.07, 6.45) is 9.15. The number of ketones is 2. The molecular weight excluding hydrogens is 967 g/mol. The van der Waals surface area contributed by atoms with Crippen LogP contribution < -0.4 is 50.6 Å². The second-order valence-corrected chi connectivity index (χ2v) is 14.5. The second kappa shape index (κ2) is 22.1. The monoisotopic (exact) mass is 998 g/mol. The van der Waals surface area contributed by atoms with E-state index in [2.05, 4.69) is 21.1 Å². The third-order valence-corrected chi connectivity index (χ3v) is 9.34. The fourth-order valence-electron chi connectivity index (χ4n) is 4.72. The molecule has 0 aliphatic heterocycles. The Hall–Kier alpha value is -3.95. The zero-order valence-electron chi connectivity index (χ0n) is 29.8. The Morgan fingerprint density at radius 3 is 1.20 bits per heavy atom. The molecule has 3 aliphatic carbocycles. The molecule has 22 heteroatoms. The summed E-state index contributed by atoms with van der Waals surface area (Å²) in [6, 6.07) is 9.57. The van der Waals surface area contributed by atoms with Crippen LogP contribution in [0.1, 0.15) is 39.5 Å². The van der Waals surface area contributed by atoms with Gasteiger partial charge in [-0.2, -0.15) is 22.3 Å². The Morgan fingerprint density at radius 1 is 0.643 bits per heavy atom. The van der Waals surface area contributed by atoms with Gasteiger partial charge in [-0.3, -0.25) is 20.4 Å². The van der Waals surface area contributed by atoms with Crippen LogP contribution in [0.5, 0.6) is 0 Å². The van der Waals surface area contributed by atoms with E-state index in [0.717, 1.165) is 49.3 Å². The van der Waals surface area contributed by atoms with Crippen LogP contribution in [-0.2, 0) is 60.5 Å². The summed E-state index contributed by atoms with van der Waals surface area (Å²) < 4.78 is 64.8. The van der Waals surface area contributed by atoms with Gasteiger partial charge in [-0.25, -0.2) is 16.8 Å². The summed E-state index contributed by atoms with van der Waals surface area (Å²) >= 11 is 0. The summed E-state index contributed by atoms with van der Waals surface area (Å²) in [5.74, 6) is -4.48. The van der Waals surface area contributed by atoms with Crippen LogP contribution in [0.15, 0.2) is 115 Å². The Morgan fingerprint density at radius 2 is 0.946 bits per heavy atom. The molecule has 294 valence electrons. The van der Waals surface area contributed by atoms with Crippen LogP contribution in [0.3, 0.4) is 0 Å². The van der Waals surface area contributed by atoms with E-state index in [9.17, 15) is 55.3 Å². The average molecular weight is 999 g/mol. The molecule has 0 heterocycles. The zero-order chi connectivity index (χ0) is 40.4. The predicted molar refractivity (Wildman–Crippen MR) is 189 cm³/mol. The first-order chi connectivity index (χ1) is 25.2. The van der Waals surface area contributed by atoms with Gasteiger partial charge in [0.1, 0.15) is 20.2 Å². The molecule has 0 aromatic heterocycles. The smallest absolute Gasteiger partial charge is 0.744 e. The number of Topliss-reactive ketones (excluding diaryl/α,β-unsaturated/α-hetero) is 2. The van der Waals surface area contributed by atoms with Crippen molar-refractivity contribution in [3.63, 3.8) is 0 Å². The molecular formula is C34H32N6NaO12PtS2-. The van der Waals surface area contributed by atoms with Crippen LogP contribution in [-0.4, -0.2) is 73.0 Å². The molecule has 0 saturated heterocycles. The van der Waals surface area contributed by atoms with E-state index >= 15 is 0 Å². The molecule has 1 saturated carbocycles. The molecule has 0 spiro atoms. The number of nitrogens with one attached hydrogen (secondary N) is 4. The third kappa shape index (κ3) is 15.2. The number of hydrazone groups is 2. The summed E-state index contributed by atoms with van der Waals surface area (Å²) in [7, 11) is -9.06. The van der Waals surface area contributed by atoms with Gasteiger partial charge in [0.05, 0.1) is 44.5 Å². The standard InChI is InChI=1S/2C14H12N2O6S.C6H12N2.Na.Pt/c2*1-8-6-10(7-12(13(8)17)14(18)19)16-15-9-2-4-11(5-3-9)23(20,21)22;7-5-3-1-2-4-6(5)8;;/h2*2-7,15H,1H3,(H,18,19)(H,20,21,22);5-8H,1-4H2;;/q;;-2;+1;+4/p-4/b2*16-10+;;;. The van der Waals surface area contributed by atoms with Crippen LogP contribution in [0.2, 0.25) is 0 Å². The van der Waals surface area contributed by atoms with E-state index in [1.807, 2.05) is 0 Å². The van der Waals surface area contributed by atoms with E-state index in [1.165, 1.54) is 63.1 Å². The zero-order valence-corrected chi connectivity index (χ0v) is 35.7. The van der Waals surface area contributed by atoms with Crippen LogP contribution in [0, 0.1) is 0 Å². The van der Waals surface area contributed by atoms with Crippen molar-refractivity contribution in [2.24, 2.45) is 10.2 Å². The van der Waals surface area contributed by atoms with Crippen molar-refractivity contribution in [1.29, 1.82) is 0 Å². The van der Waals surface area contributed by atoms with Gasteiger partial charge in [0.25, 0.3) is 0 Å². The van der Waals surface area contributed by atoms with Gasteiger partial charge in [0.2, 0.25) is 0 Å². The second-order valence-electron chi connectivity index (χ2n) is 11.8. The number of allylic oxidation sites excluding steroid dienone is 6. The summed E-state index contributed by atoms with van der Waals surface area (Å²) in [6.45, 7) is 2.89. The number of carbonyl (C=O) groups excluding carboxylic acids is 4. The summed E-state index contributed by atoms with van der Waals surface area (Å²) in [5.41, 5.74) is 20.2. The van der Waals surface area contributed by atoms with E-state index in [0.29, 0.717) is 11.4 Å². The molecule has 2 aromatic rings. The maximum absolute atomic E-state index is 11.6. The summed E-state index contributed by atoms with van der Waals surface area (Å²) in [4.78, 5) is 44.2. The summed E-state index contributed by atoms with van der Waals surface area (Å²) in [5, 5.41) is 29.6. The molecule has 0 bridgehead atoms. The fraction of sp³-hybridized carbons (Fsp3) is 0.235. The van der Waals surface area contributed by atoms with Crippen LogP contribution >= 0.6 is 0 Å². The van der Waals surface area contributed by atoms with Crippen molar-refractivity contribution in [2.45, 2.75) is 61.4 Å². The number of hydrogen-bond acceptors (Lipinski definition) is 16. The number of benzene rings is 2. The topological polar surface area (TPSA) is 325 Å². The van der Waals surface area contributed by atoms with Crippen LogP contribution in [0.4, 0.5) is 11.4 Å². The van der Waals surface area contributed by atoms with Gasteiger partial charge >= 0.3 is 50.6 Å². The largest absolute Gasteiger partial charge is 4.00 e. The van der Waals surface area contributed by atoms with Crippen molar-refractivity contribution >= 4 is 66.5 Å². The number of carboxylic acid groups (broad SMARTS) is 2. The van der Waals surface area contributed by atoms with Gasteiger partial charge in [-0.1, -0.05) is 25.7 Å². The Balaban J connectivity index is 0.000000454. The maximum atomic E-state index is 11.6. The SMILES string of the molecule is CC1=C/C(=N\Nc2ccc(S(=O)(=O)[O-])cc2)C=C(C(=O)[O-])C1=O.CC1=C/C(=N\Nc2ccc(S(=O)(=O)[O-])cc2)C=C(C(=O)[O-])C1=O.[NH-]C1CCCCC1[NH-].[Na+].[Pt+4]. The van der Waals surface area contributed by atoms with Crippen molar-refractivity contribution in [3.05, 3.63) is 107 Å². The molecule has 1 fully saturated rings. The van der Waals surface area contributed by atoms with E-state index in [1.54, 1.807) is 0 Å². The quantitative estimate of drug-likeness (QED) is 0.100. The van der Waals surface area contributed by atoms with Gasteiger partial charge < -0.3 is 40.4 Å². The molecule has 0 amide bonds. The molecule has 2 aromatic carbocycles. The number of anilines is 2. The van der Waals surface area contributed by atoms with Crippen molar-refractivity contribution in [2.75, 3.05) is 10.9 Å². The number of carboxylic acids is 2. The fourth-order valence-corrected chi connectivity index (χ4v) is 5.66. The van der Waals surface area contributed by atoms with Crippen molar-refractivity contribution in [1.82, 2.24) is 0 Å². The minimum Gasteiger partial charge on any atom is -0.744 e. The molecule has 2 atom stereocenters. The molecule has 56 heavy (non-hydrogen) atoms. The van der Waals surface area contributed by atoms with Gasteiger partial charge in [-0.05, 0) is 97.8 Å². The number of aliphatic carboxylic acids is 2. The Kier molecular flexibility index (Phi) is 19.8. The molecule has 3 aliphatic rings. The van der Waals surface area contributed by atoms with Crippen LogP contribution in [0.25, 0.3) is 11.5 Å². The Labute approximate surface area is 359 Å². The number of rotatable bonds is 8. The van der Waals surface area contributed by atoms with Crippen molar-refractivity contribution in [3.8, 4) is 0 Å². The van der Waals surface area contributed by atoms with Gasteiger partial charge in [0, 0.05) is 11.1 Å². The molecule has 2 unspecified atom stereocenters. The first kappa shape index (κ1) is 50.1. The van der Waals surface area contributed by atoms with E-state index < -0.39 is 54.9 Å². The number of hydrogen-bond donors (Lipinski definition) is 2. The predicted octanol–water partition coefficient (Wildman–Crippen LogP) is -1.47.